The Labute approximate surface area is 102 Å². The molecular weight excluding hydrogens is 236 g/mol. The van der Waals surface area contributed by atoms with E-state index in [1.165, 1.54) is 11.8 Å². The van der Waals surface area contributed by atoms with Gasteiger partial charge in [0.1, 0.15) is 0 Å². The predicted molar refractivity (Wildman–Crippen MR) is 63.1 cm³/mol. The van der Waals surface area contributed by atoms with E-state index in [2.05, 4.69) is 21.6 Å². The van der Waals surface area contributed by atoms with Crippen molar-refractivity contribution in [3.63, 3.8) is 0 Å². The summed E-state index contributed by atoms with van der Waals surface area (Å²) in [7, 11) is 1.77. The summed E-state index contributed by atoms with van der Waals surface area (Å²) in [5.74, 6) is 0. The summed E-state index contributed by atoms with van der Waals surface area (Å²) in [6.45, 7) is 0. The van der Waals surface area contributed by atoms with Gasteiger partial charge in [-0.1, -0.05) is 0 Å². The summed E-state index contributed by atoms with van der Waals surface area (Å²) in [6.07, 6.45) is 0.303. The van der Waals surface area contributed by atoms with Gasteiger partial charge >= 0.3 is 0 Å². The Morgan fingerprint density at radius 3 is 3.00 bits per heavy atom. The van der Waals surface area contributed by atoms with Crippen molar-refractivity contribution in [2.75, 3.05) is 5.73 Å². The Hall–Kier alpha value is -2.07. The molecule has 0 unspecified atom stereocenters. The van der Waals surface area contributed by atoms with E-state index >= 15 is 0 Å². The minimum Gasteiger partial charge on any atom is -0.398 e. The molecule has 0 aliphatic rings. The first kappa shape index (κ1) is 11.4. The monoisotopic (exact) mass is 246 g/mol. The SMILES string of the molecule is Cn1nnnc1Sc1ccc(N)c(CC#N)c1. The lowest BCUT2D eigenvalue weighted by atomic mass is 10.1. The predicted octanol–water partition coefficient (Wildman–Crippen LogP) is 1.01. The lowest BCUT2D eigenvalue weighted by molar-refractivity contribution is 0.664. The summed E-state index contributed by atoms with van der Waals surface area (Å²) >= 11 is 1.43. The molecular formula is C10H10N6S. The highest BCUT2D eigenvalue weighted by molar-refractivity contribution is 7.99. The van der Waals surface area contributed by atoms with Crippen molar-refractivity contribution < 1.29 is 0 Å². The van der Waals surface area contributed by atoms with Crippen molar-refractivity contribution in [3.8, 4) is 6.07 Å². The Bertz CT molecular complexity index is 570. The Morgan fingerprint density at radius 1 is 1.53 bits per heavy atom. The number of aromatic nitrogens is 4. The molecule has 0 atom stereocenters. The number of benzene rings is 1. The van der Waals surface area contributed by atoms with E-state index in [0.717, 1.165) is 10.5 Å². The fourth-order valence-corrected chi connectivity index (χ4v) is 2.09. The van der Waals surface area contributed by atoms with Gasteiger partial charge in [0.15, 0.2) is 0 Å². The molecule has 2 N–H and O–H groups in total. The summed E-state index contributed by atoms with van der Waals surface area (Å²) < 4.78 is 1.59. The fourth-order valence-electron chi connectivity index (χ4n) is 1.30. The maximum absolute atomic E-state index is 8.69. The second-order valence-corrected chi connectivity index (χ2v) is 4.42. The first-order chi connectivity index (χ1) is 8.20. The highest BCUT2D eigenvalue weighted by atomic mass is 32.2. The number of nitrogens with zero attached hydrogens (tertiary/aromatic N) is 5. The molecule has 0 radical (unpaired) electrons. The number of nitrogen functional groups attached to an aromatic ring is 1. The third-order valence-electron chi connectivity index (χ3n) is 2.17. The van der Waals surface area contributed by atoms with Crippen molar-refractivity contribution in [3.05, 3.63) is 23.8 Å². The average molecular weight is 246 g/mol. The van der Waals surface area contributed by atoms with Crippen LogP contribution >= 0.6 is 11.8 Å². The molecule has 2 rings (SSSR count). The summed E-state index contributed by atoms with van der Waals surface area (Å²) in [6, 6.07) is 7.65. The smallest absolute Gasteiger partial charge is 0.213 e. The Kier molecular flexibility index (Phi) is 3.25. The number of rotatable bonds is 3. The molecule has 1 aromatic heterocycles. The number of hydrogen-bond acceptors (Lipinski definition) is 6. The van der Waals surface area contributed by atoms with Crippen molar-refractivity contribution in [2.24, 2.45) is 7.05 Å². The molecule has 0 aliphatic carbocycles. The van der Waals surface area contributed by atoms with Crippen molar-refractivity contribution in [2.45, 2.75) is 16.5 Å². The van der Waals surface area contributed by atoms with E-state index in [1.807, 2.05) is 12.1 Å². The van der Waals surface area contributed by atoms with Crippen molar-refractivity contribution >= 4 is 17.4 Å². The second-order valence-electron chi connectivity index (χ2n) is 3.38. The highest BCUT2D eigenvalue weighted by Crippen LogP contribution is 2.27. The second kappa shape index (κ2) is 4.84. The fraction of sp³-hybridized carbons (Fsp3) is 0.200. The molecule has 0 spiro atoms. The highest BCUT2D eigenvalue weighted by Gasteiger charge is 2.07. The minimum atomic E-state index is 0.303. The lowest BCUT2D eigenvalue weighted by Crippen LogP contribution is -1.95. The third kappa shape index (κ3) is 2.54. The van der Waals surface area contributed by atoms with E-state index in [1.54, 1.807) is 17.8 Å². The quantitative estimate of drug-likeness (QED) is 0.812. The van der Waals surface area contributed by atoms with Crippen LogP contribution in [0.4, 0.5) is 5.69 Å². The normalized spacial score (nSPS) is 10.1. The zero-order chi connectivity index (χ0) is 12.3. The Morgan fingerprint density at radius 2 is 2.35 bits per heavy atom. The van der Waals surface area contributed by atoms with Gasteiger partial charge in [0, 0.05) is 17.6 Å². The number of nitriles is 1. The van der Waals surface area contributed by atoms with Crippen LogP contribution in [0.5, 0.6) is 0 Å². The van der Waals surface area contributed by atoms with Gasteiger partial charge in [0.05, 0.1) is 12.5 Å². The molecule has 0 bridgehead atoms. The average Bonchev–Trinajstić information content (AvgIpc) is 2.70. The van der Waals surface area contributed by atoms with Crippen molar-refractivity contribution in [1.29, 1.82) is 5.26 Å². The topological polar surface area (TPSA) is 93.4 Å². The molecule has 1 aromatic carbocycles. The molecule has 7 heteroatoms. The lowest BCUT2D eigenvalue weighted by Gasteiger charge is -2.04. The van der Waals surface area contributed by atoms with E-state index in [4.69, 9.17) is 11.0 Å². The molecule has 1 heterocycles. The number of hydrogen-bond donors (Lipinski definition) is 1. The van der Waals surface area contributed by atoms with Crippen LogP contribution in [-0.4, -0.2) is 20.2 Å². The van der Waals surface area contributed by atoms with Gasteiger partial charge in [0.25, 0.3) is 0 Å². The van der Waals surface area contributed by atoms with Gasteiger partial charge in [-0.15, -0.1) is 5.10 Å². The minimum absolute atomic E-state index is 0.303. The van der Waals surface area contributed by atoms with E-state index in [-0.39, 0.29) is 0 Å². The maximum atomic E-state index is 8.69. The van der Waals surface area contributed by atoms with Gasteiger partial charge < -0.3 is 5.73 Å². The van der Waals surface area contributed by atoms with Gasteiger partial charge in [-0.05, 0) is 46.0 Å². The van der Waals surface area contributed by atoms with E-state index in [0.29, 0.717) is 17.3 Å². The molecule has 0 fully saturated rings. The third-order valence-corrected chi connectivity index (χ3v) is 3.19. The van der Waals surface area contributed by atoms with E-state index in [9.17, 15) is 0 Å². The zero-order valence-electron chi connectivity index (χ0n) is 9.16. The Balaban J connectivity index is 2.26. The largest absolute Gasteiger partial charge is 0.398 e. The first-order valence-corrected chi connectivity index (χ1v) is 5.68. The van der Waals surface area contributed by atoms with Crippen LogP contribution in [0.25, 0.3) is 0 Å². The molecule has 0 saturated heterocycles. The van der Waals surface area contributed by atoms with Crippen LogP contribution in [0, 0.1) is 11.3 Å². The molecule has 17 heavy (non-hydrogen) atoms. The molecule has 0 aliphatic heterocycles. The number of aryl methyl sites for hydroxylation is 1. The van der Waals surface area contributed by atoms with Gasteiger partial charge in [-0.25, -0.2) is 4.68 Å². The van der Waals surface area contributed by atoms with Crippen LogP contribution in [0.2, 0.25) is 0 Å². The summed E-state index contributed by atoms with van der Waals surface area (Å²) in [5, 5.41) is 20.6. The molecule has 0 saturated carbocycles. The van der Waals surface area contributed by atoms with E-state index < -0.39 is 0 Å². The van der Waals surface area contributed by atoms with Crippen LogP contribution in [-0.2, 0) is 13.5 Å². The molecule has 86 valence electrons. The van der Waals surface area contributed by atoms with Crippen LogP contribution < -0.4 is 5.73 Å². The van der Waals surface area contributed by atoms with Gasteiger partial charge in [-0.3, -0.25) is 0 Å². The van der Waals surface area contributed by atoms with Crippen LogP contribution in [0.3, 0.4) is 0 Å². The molecule has 6 nitrogen and oxygen atoms in total. The number of anilines is 1. The standard InChI is InChI=1S/C10H10N6S/c1-16-10(13-14-15-16)17-8-2-3-9(12)7(6-8)4-5-11/h2-3,6H,4,12H2,1H3. The number of nitrogens with two attached hydrogens (primary N) is 1. The molecule has 2 aromatic rings. The number of tetrazole rings is 1. The van der Waals surface area contributed by atoms with Gasteiger partial charge in [0.2, 0.25) is 5.16 Å². The van der Waals surface area contributed by atoms with Crippen molar-refractivity contribution in [1.82, 2.24) is 20.2 Å². The first-order valence-electron chi connectivity index (χ1n) is 4.86. The van der Waals surface area contributed by atoms with Gasteiger partial charge in [-0.2, -0.15) is 5.26 Å². The molecule has 0 amide bonds. The summed E-state index contributed by atoms with van der Waals surface area (Å²) in [4.78, 5) is 0.961. The summed E-state index contributed by atoms with van der Waals surface area (Å²) in [5.41, 5.74) is 7.23. The maximum Gasteiger partial charge on any atom is 0.213 e. The van der Waals surface area contributed by atoms with Crippen LogP contribution in [0.15, 0.2) is 28.3 Å². The van der Waals surface area contributed by atoms with Crippen LogP contribution in [0.1, 0.15) is 5.56 Å². The zero-order valence-corrected chi connectivity index (χ0v) is 9.98.